The molecule has 3 heteroatoms. The molecule has 0 bridgehead atoms. The summed E-state index contributed by atoms with van der Waals surface area (Å²) in [5.41, 5.74) is 1.61. The predicted molar refractivity (Wildman–Crippen MR) is 39.9 cm³/mol. The van der Waals surface area contributed by atoms with E-state index in [0.717, 1.165) is 5.71 Å². The summed E-state index contributed by atoms with van der Waals surface area (Å²) in [5.74, 6) is 0.0382. The Morgan fingerprint density at radius 3 is 2.90 bits per heavy atom. The van der Waals surface area contributed by atoms with Crippen LogP contribution in [0.1, 0.15) is 13.8 Å². The van der Waals surface area contributed by atoms with E-state index < -0.39 is 0 Å². The zero-order valence-electron chi connectivity index (χ0n) is 6.14. The van der Waals surface area contributed by atoms with Crippen molar-refractivity contribution in [3.8, 4) is 0 Å². The maximum absolute atomic E-state index is 10.7. The maximum Gasteiger partial charge on any atom is 0.177 e. The summed E-state index contributed by atoms with van der Waals surface area (Å²) >= 11 is 0. The first-order chi connectivity index (χ1) is 4.70. The third kappa shape index (κ3) is 1.43. The number of hydrogen-bond acceptors (Lipinski definition) is 3. The van der Waals surface area contributed by atoms with Gasteiger partial charge in [-0.05, 0) is 6.92 Å². The van der Waals surface area contributed by atoms with Crippen molar-refractivity contribution in [2.24, 2.45) is 4.99 Å². The monoisotopic (exact) mass is 138 g/mol. The van der Waals surface area contributed by atoms with Crippen molar-refractivity contribution < 1.29 is 4.79 Å². The van der Waals surface area contributed by atoms with Crippen LogP contribution in [-0.4, -0.2) is 18.0 Å². The Hall–Kier alpha value is -1.12. The molecule has 1 heterocycles. The third-order valence-electron chi connectivity index (χ3n) is 1.33. The highest BCUT2D eigenvalue weighted by atomic mass is 16.1. The first-order valence-corrected chi connectivity index (χ1v) is 3.18. The van der Waals surface area contributed by atoms with E-state index in [4.69, 9.17) is 0 Å². The lowest BCUT2D eigenvalue weighted by Gasteiger charge is -2.10. The van der Waals surface area contributed by atoms with Gasteiger partial charge >= 0.3 is 0 Å². The smallest absolute Gasteiger partial charge is 0.177 e. The number of aliphatic imine (C=N–C) groups is 1. The first kappa shape index (κ1) is 6.99. The molecule has 3 nitrogen and oxygen atoms in total. The summed E-state index contributed by atoms with van der Waals surface area (Å²) in [6.07, 6.45) is 1.57. The van der Waals surface area contributed by atoms with E-state index in [9.17, 15) is 4.79 Å². The van der Waals surface area contributed by atoms with Gasteiger partial charge in [-0.15, -0.1) is 0 Å². The van der Waals surface area contributed by atoms with Crippen LogP contribution in [0.15, 0.2) is 16.9 Å². The molecule has 54 valence electrons. The molecule has 0 amide bonds. The van der Waals surface area contributed by atoms with Crippen molar-refractivity contribution in [1.29, 1.82) is 0 Å². The number of ketones is 1. The minimum absolute atomic E-state index is 0.0382. The van der Waals surface area contributed by atoms with Gasteiger partial charge in [0.25, 0.3) is 0 Å². The van der Waals surface area contributed by atoms with E-state index in [2.05, 4.69) is 10.3 Å². The van der Waals surface area contributed by atoms with Crippen LogP contribution in [0, 0.1) is 0 Å². The number of nitrogens with one attached hydrogen (secondary N) is 1. The van der Waals surface area contributed by atoms with Gasteiger partial charge < -0.3 is 5.32 Å². The summed E-state index contributed by atoms with van der Waals surface area (Å²) in [4.78, 5) is 14.7. The fourth-order valence-electron chi connectivity index (χ4n) is 0.705. The van der Waals surface area contributed by atoms with Gasteiger partial charge in [0.1, 0.15) is 0 Å². The Morgan fingerprint density at radius 1 is 1.80 bits per heavy atom. The fraction of sp³-hybridized carbons (Fsp3) is 0.429. The number of rotatable bonds is 1. The average molecular weight is 138 g/mol. The maximum atomic E-state index is 10.7. The van der Waals surface area contributed by atoms with Crippen molar-refractivity contribution in [3.05, 3.63) is 11.9 Å². The highest BCUT2D eigenvalue weighted by Crippen LogP contribution is 1.97. The van der Waals surface area contributed by atoms with Crippen LogP contribution in [0.3, 0.4) is 0 Å². The molecule has 0 unspecified atom stereocenters. The summed E-state index contributed by atoms with van der Waals surface area (Å²) in [7, 11) is 0. The lowest BCUT2D eigenvalue weighted by atomic mass is 10.3. The minimum atomic E-state index is 0.0382. The minimum Gasteiger partial charge on any atom is -0.376 e. The van der Waals surface area contributed by atoms with Crippen molar-refractivity contribution in [2.45, 2.75) is 13.8 Å². The molecular formula is C7H10N2O. The van der Waals surface area contributed by atoms with Crippen LogP contribution in [-0.2, 0) is 4.79 Å². The Bertz CT molecular complexity index is 216. The van der Waals surface area contributed by atoms with Gasteiger partial charge in [0.2, 0.25) is 0 Å². The zero-order valence-corrected chi connectivity index (χ0v) is 6.14. The van der Waals surface area contributed by atoms with E-state index in [-0.39, 0.29) is 5.78 Å². The fourth-order valence-corrected chi connectivity index (χ4v) is 0.705. The average Bonchev–Trinajstić information content (AvgIpc) is 1.88. The Morgan fingerprint density at radius 2 is 2.50 bits per heavy atom. The van der Waals surface area contributed by atoms with Gasteiger partial charge in [-0.1, -0.05) is 0 Å². The second-order valence-electron chi connectivity index (χ2n) is 2.32. The van der Waals surface area contributed by atoms with Crippen LogP contribution in [0.4, 0.5) is 0 Å². The van der Waals surface area contributed by atoms with Gasteiger partial charge in [0.15, 0.2) is 5.78 Å². The van der Waals surface area contributed by atoms with Gasteiger partial charge in [-0.25, -0.2) is 0 Å². The molecule has 0 saturated carbocycles. The SMILES string of the molecule is CC(=O)C1=CN=C(C)CN1. The quantitative estimate of drug-likeness (QED) is 0.572. The second kappa shape index (κ2) is 2.64. The van der Waals surface area contributed by atoms with Crippen molar-refractivity contribution in [2.75, 3.05) is 6.54 Å². The molecule has 1 aliphatic rings. The third-order valence-corrected chi connectivity index (χ3v) is 1.33. The van der Waals surface area contributed by atoms with E-state index in [1.807, 2.05) is 6.92 Å². The summed E-state index contributed by atoms with van der Waals surface area (Å²) < 4.78 is 0. The van der Waals surface area contributed by atoms with Crippen LogP contribution >= 0.6 is 0 Å². The molecule has 0 spiro atoms. The molecule has 1 N–H and O–H groups in total. The number of allylic oxidation sites excluding steroid dienone is 1. The van der Waals surface area contributed by atoms with Gasteiger partial charge in [-0.3, -0.25) is 9.79 Å². The number of hydrogen-bond donors (Lipinski definition) is 1. The highest BCUT2D eigenvalue weighted by Gasteiger charge is 2.05. The molecule has 1 aliphatic heterocycles. The van der Waals surface area contributed by atoms with E-state index in [1.165, 1.54) is 6.92 Å². The second-order valence-corrected chi connectivity index (χ2v) is 2.32. The zero-order chi connectivity index (χ0) is 7.56. The molecule has 0 saturated heterocycles. The Labute approximate surface area is 59.8 Å². The van der Waals surface area contributed by atoms with Crippen molar-refractivity contribution in [3.63, 3.8) is 0 Å². The molecule has 0 atom stereocenters. The molecule has 0 fully saturated rings. The van der Waals surface area contributed by atoms with E-state index in [0.29, 0.717) is 12.2 Å². The molecule has 0 radical (unpaired) electrons. The van der Waals surface area contributed by atoms with E-state index >= 15 is 0 Å². The number of nitrogens with zero attached hydrogens (tertiary/aromatic N) is 1. The van der Waals surface area contributed by atoms with Crippen molar-refractivity contribution >= 4 is 11.5 Å². The van der Waals surface area contributed by atoms with Crippen molar-refractivity contribution in [1.82, 2.24) is 5.32 Å². The summed E-state index contributed by atoms with van der Waals surface area (Å²) in [6, 6.07) is 0. The topological polar surface area (TPSA) is 41.5 Å². The molecule has 10 heavy (non-hydrogen) atoms. The van der Waals surface area contributed by atoms with Gasteiger partial charge in [0, 0.05) is 12.6 Å². The standard InChI is InChI=1S/C7H10N2O/c1-5-3-9-7(4-8-5)6(2)10/h4,9H,3H2,1-2H3. The lowest BCUT2D eigenvalue weighted by molar-refractivity contribution is -0.113. The normalized spacial score (nSPS) is 17.0. The predicted octanol–water partition coefficient (Wildman–Crippen LogP) is 0.481. The lowest BCUT2D eigenvalue weighted by Crippen LogP contribution is -2.27. The molecule has 0 aromatic carbocycles. The first-order valence-electron chi connectivity index (χ1n) is 3.18. The Kier molecular flexibility index (Phi) is 1.85. The number of carbonyl (C=O) groups is 1. The van der Waals surface area contributed by atoms with Crippen LogP contribution in [0.2, 0.25) is 0 Å². The number of carbonyl (C=O) groups excluding carboxylic acids is 1. The molecule has 1 rings (SSSR count). The van der Waals surface area contributed by atoms with Gasteiger partial charge in [0.05, 0.1) is 18.4 Å². The summed E-state index contributed by atoms with van der Waals surface area (Å²) in [5, 5.41) is 2.95. The highest BCUT2D eigenvalue weighted by molar-refractivity contribution is 5.95. The van der Waals surface area contributed by atoms with Crippen LogP contribution in [0.25, 0.3) is 0 Å². The number of Topliss-reactive ketones (excluding diaryl/α,β-unsaturated/α-hetero) is 1. The van der Waals surface area contributed by atoms with Crippen LogP contribution < -0.4 is 5.32 Å². The largest absolute Gasteiger partial charge is 0.376 e. The molecule has 0 aliphatic carbocycles. The van der Waals surface area contributed by atoms with Crippen LogP contribution in [0.5, 0.6) is 0 Å². The Balaban J connectivity index is 2.74. The molecule has 0 aromatic heterocycles. The summed E-state index contributed by atoms with van der Waals surface area (Å²) in [6.45, 7) is 4.13. The van der Waals surface area contributed by atoms with E-state index in [1.54, 1.807) is 6.20 Å². The molecular weight excluding hydrogens is 128 g/mol. The van der Waals surface area contributed by atoms with Gasteiger partial charge in [-0.2, -0.15) is 0 Å². The molecule has 0 aromatic rings.